The van der Waals surface area contributed by atoms with E-state index in [-0.39, 0.29) is 0 Å². The van der Waals surface area contributed by atoms with Crippen LogP contribution in [0.4, 0.5) is 11.6 Å². The van der Waals surface area contributed by atoms with E-state index in [0.29, 0.717) is 11.7 Å². The van der Waals surface area contributed by atoms with Crippen LogP contribution in [0.1, 0.15) is 50.3 Å². The van der Waals surface area contributed by atoms with Crippen LogP contribution in [0.15, 0.2) is 6.07 Å². The van der Waals surface area contributed by atoms with Crippen molar-refractivity contribution in [1.82, 2.24) is 9.97 Å². The standard InChI is InChI=1S/C13H21N5/c14-18-12-8-11(15-7-1-2-9-3-4-9)16-13(17-12)10-5-6-10/h8-10H,1-7,14H2,(H2,15,16,17,18). The quantitative estimate of drug-likeness (QED) is 0.391. The van der Waals surface area contributed by atoms with E-state index < -0.39 is 0 Å². The van der Waals surface area contributed by atoms with Gasteiger partial charge in [0.1, 0.15) is 17.5 Å². The molecule has 5 heteroatoms. The van der Waals surface area contributed by atoms with Crippen molar-refractivity contribution in [2.24, 2.45) is 11.8 Å². The van der Waals surface area contributed by atoms with Crippen LogP contribution in [-0.4, -0.2) is 16.5 Å². The Kier molecular flexibility index (Phi) is 3.32. The molecule has 0 aliphatic heterocycles. The van der Waals surface area contributed by atoms with Crippen molar-refractivity contribution in [1.29, 1.82) is 0 Å². The molecule has 18 heavy (non-hydrogen) atoms. The van der Waals surface area contributed by atoms with E-state index in [1.54, 1.807) is 0 Å². The summed E-state index contributed by atoms with van der Waals surface area (Å²) in [5.74, 6) is 9.52. The maximum absolute atomic E-state index is 5.44. The number of rotatable bonds is 7. The molecule has 0 unspecified atom stereocenters. The molecule has 0 spiro atoms. The van der Waals surface area contributed by atoms with Gasteiger partial charge in [0.25, 0.3) is 0 Å². The van der Waals surface area contributed by atoms with Crippen LogP contribution in [0.3, 0.4) is 0 Å². The Morgan fingerprint density at radius 2 is 1.94 bits per heavy atom. The smallest absolute Gasteiger partial charge is 0.145 e. The summed E-state index contributed by atoms with van der Waals surface area (Å²) in [5, 5.41) is 3.38. The maximum Gasteiger partial charge on any atom is 0.145 e. The van der Waals surface area contributed by atoms with E-state index in [4.69, 9.17) is 5.84 Å². The molecule has 98 valence electrons. The van der Waals surface area contributed by atoms with Crippen molar-refractivity contribution < 1.29 is 0 Å². The van der Waals surface area contributed by atoms with Gasteiger partial charge in [0.2, 0.25) is 0 Å². The lowest BCUT2D eigenvalue weighted by Crippen LogP contribution is -2.12. The van der Waals surface area contributed by atoms with Gasteiger partial charge in [-0.2, -0.15) is 0 Å². The average molecular weight is 247 g/mol. The summed E-state index contributed by atoms with van der Waals surface area (Å²) in [5.41, 5.74) is 2.62. The second kappa shape index (κ2) is 5.10. The first-order valence-corrected chi connectivity index (χ1v) is 6.94. The molecule has 0 amide bonds. The van der Waals surface area contributed by atoms with Gasteiger partial charge in [0, 0.05) is 18.5 Å². The molecule has 2 saturated carbocycles. The van der Waals surface area contributed by atoms with E-state index in [1.807, 2.05) is 6.07 Å². The largest absolute Gasteiger partial charge is 0.370 e. The Morgan fingerprint density at radius 1 is 1.17 bits per heavy atom. The highest BCUT2D eigenvalue weighted by molar-refractivity contribution is 5.47. The fourth-order valence-corrected chi connectivity index (χ4v) is 2.17. The maximum atomic E-state index is 5.44. The lowest BCUT2D eigenvalue weighted by atomic mass is 10.2. The van der Waals surface area contributed by atoms with E-state index in [2.05, 4.69) is 20.7 Å². The molecule has 1 heterocycles. The lowest BCUT2D eigenvalue weighted by Gasteiger charge is -2.09. The van der Waals surface area contributed by atoms with Crippen molar-refractivity contribution in [3.63, 3.8) is 0 Å². The van der Waals surface area contributed by atoms with E-state index in [0.717, 1.165) is 24.1 Å². The molecule has 0 bridgehead atoms. The lowest BCUT2D eigenvalue weighted by molar-refractivity contribution is 0.686. The van der Waals surface area contributed by atoms with Gasteiger partial charge in [-0.05, 0) is 31.6 Å². The summed E-state index contributed by atoms with van der Waals surface area (Å²) in [4.78, 5) is 8.95. The number of hydrazine groups is 1. The van der Waals surface area contributed by atoms with Crippen LogP contribution in [-0.2, 0) is 0 Å². The highest BCUT2D eigenvalue weighted by Gasteiger charge is 2.27. The van der Waals surface area contributed by atoms with Crippen LogP contribution in [0, 0.1) is 5.92 Å². The minimum atomic E-state index is 0.547. The number of hydrogen-bond acceptors (Lipinski definition) is 5. The summed E-state index contributed by atoms with van der Waals surface area (Å²) in [6.07, 6.45) is 7.83. The summed E-state index contributed by atoms with van der Waals surface area (Å²) in [7, 11) is 0. The van der Waals surface area contributed by atoms with Gasteiger partial charge in [-0.25, -0.2) is 15.8 Å². The van der Waals surface area contributed by atoms with Gasteiger partial charge in [0.05, 0.1) is 0 Å². The number of nitrogens with two attached hydrogens (primary N) is 1. The zero-order valence-electron chi connectivity index (χ0n) is 10.7. The van der Waals surface area contributed by atoms with Crippen molar-refractivity contribution >= 4 is 11.6 Å². The Balaban J connectivity index is 1.56. The predicted octanol–water partition coefficient (Wildman–Crippen LogP) is 2.24. The van der Waals surface area contributed by atoms with E-state index in [1.165, 1.54) is 38.5 Å². The Morgan fingerprint density at radius 3 is 2.61 bits per heavy atom. The molecule has 5 nitrogen and oxygen atoms in total. The van der Waals surface area contributed by atoms with E-state index in [9.17, 15) is 0 Å². The van der Waals surface area contributed by atoms with Gasteiger partial charge in [0.15, 0.2) is 0 Å². The highest BCUT2D eigenvalue weighted by Crippen LogP contribution is 2.38. The number of anilines is 2. The van der Waals surface area contributed by atoms with E-state index >= 15 is 0 Å². The van der Waals surface area contributed by atoms with Gasteiger partial charge in [-0.1, -0.05) is 12.8 Å². The molecular formula is C13H21N5. The van der Waals surface area contributed by atoms with Crippen molar-refractivity contribution in [3.05, 3.63) is 11.9 Å². The third kappa shape index (κ3) is 3.10. The second-order valence-corrected chi connectivity index (χ2v) is 5.43. The first-order valence-electron chi connectivity index (χ1n) is 6.94. The first kappa shape index (κ1) is 11.7. The zero-order valence-corrected chi connectivity index (χ0v) is 10.7. The molecule has 0 atom stereocenters. The van der Waals surface area contributed by atoms with Crippen LogP contribution in [0.25, 0.3) is 0 Å². The summed E-state index contributed by atoms with van der Waals surface area (Å²) in [6, 6.07) is 1.88. The Hall–Kier alpha value is -1.36. The molecule has 4 N–H and O–H groups in total. The van der Waals surface area contributed by atoms with Gasteiger partial charge in [-0.3, -0.25) is 0 Å². The normalized spacial score (nSPS) is 18.7. The molecule has 0 radical (unpaired) electrons. The molecule has 3 rings (SSSR count). The van der Waals surface area contributed by atoms with Crippen molar-refractivity contribution in [2.75, 3.05) is 17.3 Å². The molecule has 0 saturated heterocycles. The summed E-state index contributed by atoms with van der Waals surface area (Å²) >= 11 is 0. The summed E-state index contributed by atoms with van der Waals surface area (Å²) in [6.45, 7) is 0.988. The number of nitrogen functional groups attached to an aromatic ring is 1. The average Bonchev–Trinajstić information content (AvgIpc) is 3.28. The fraction of sp³-hybridized carbons (Fsp3) is 0.692. The highest BCUT2D eigenvalue weighted by atomic mass is 15.3. The Labute approximate surface area is 108 Å². The minimum Gasteiger partial charge on any atom is -0.370 e. The van der Waals surface area contributed by atoms with Crippen LogP contribution < -0.4 is 16.6 Å². The SMILES string of the molecule is NNc1cc(NCCCC2CC2)nc(C2CC2)n1. The third-order valence-corrected chi connectivity index (χ3v) is 3.63. The molecule has 1 aromatic rings. The van der Waals surface area contributed by atoms with Gasteiger partial charge in [-0.15, -0.1) is 0 Å². The number of aromatic nitrogens is 2. The monoisotopic (exact) mass is 247 g/mol. The topological polar surface area (TPSA) is 75.9 Å². The predicted molar refractivity (Wildman–Crippen MR) is 72.3 cm³/mol. The van der Waals surface area contributed by atoms with Crippen molar-refractivity contribution in [2.45, 2.75) is 44.4 Å². The summed E-state index contributed by atoms with van der Waals surface area (Å²) < 4.78 is 0. The molecule has 2 fully saturated rings. The molecule has 2 aliphatic carbocycles. The number of hydrogen-bond donors (Lipinski definition) is 3. The fourth-order valence-electron chi connectivity index (χ4n) is 2.17. The minimum absolute atomic E-state index is 0.547. The van der Waals surface area contributed by atoms with Crippen LogP contribution in [0.5, 0.6) is 0 Å². The van der Waals surface area contributed by atoms with Gasteiger partial charge < -0.3 is 10.7 Å². The van der Waals surface area contributed by atoms with Crippen LogP contribution in [0.2, 0.25) is 0 Å². The number of nitrogens with zero attached hydrogens (tertiary/aromatic N) is 2. The van der Waals surface area contributed by atoms with Crippen molar-refractivity contribution in [3.8, 4) is 0 Å². The Bertz CT molecular complexity index is 412. The third-order valence-electron chi connectivity index (χ3n) is 3.63. The molecule has 0 aromatic carbocycles. The zero-order chi connectivity index (χ0) is 12.4. The van der Waals surface area contributed by atoms with Gasteiger partial charge >= 0.3 is 0 Å². The first-order chi connectivity index (χ1) is 8.85. The molecular weight excluding hydrogens is 226 g/mol. The number of nitrogens with one attached hydrogen (secondary N) is 2. The van der Waals surface area contributed by atoms with Crippen LogP contribution >= 0.6 is 0 Å². The molecule has 2 aliphatic rings. The second-order valence-electron chi connectivity index (χ2n) is 5.43. The molecule has 1 aromatic heterocycles.